The number of hydrogen-bond donors (Lipinski definition) is 3. The van der Waals surface area contributed by atoms with Gasteiger partial charge in [0.1, 0.15) is 5.69 Å². The fourth-order valence-electron chi connectivity index (χ4n) is 1.36. The van der Waals surface area contributed by atoms with E-state index in [0.717, 1.165) is 0 Å². The minimum atomic E-state index is -1.14. The van der Waals surface area contributed by atoms with E-state index < -0.39 is 11.9 Å². The van der Waals surface area contributed by atoms with Crippen molar-refractivity contribution in [1.29, 1.82) is 0 Å². The number of nitrogens with one attached hydrogen (secondary N) is 1. The van der Waals surface area contributed by atoms with Crippen LogP contribution in [0.15, 0.2) is 29.1 Å². The maximum atomic E-state index is 11.8. The van der Waals surface area contributed by atoms with Crippen molar-refractivity contribution in [2.24, 2.45) is 0 Å². The zero-order valence-electron chi connectivity index (χ0n) is 9.08. The van der Waals surface area contributed by atoms with Gasteiger partial charge in [0, 0.05) is 11.1 Å². The van der Waals surface area contributed by atoms with Gasteiger partial charge < -0.3 is 16.2 Å². The van der Waals surface area contributed by atoms with Gasteiger partial charge in [-0.15, -0.1) is 11.3 Å². The molecule has 0 saturated heterocycles. The van der Waals surface area contributed by atoms with E-state index >= 15 is 0 Å². The third-order valence-electron chi connectivity index (χ3n) is 2.19. The average Bonchev–Trinajstić information content (AvgIpc) is 2.81. The number of rotatable bonds is 3. The third kappa shape index (κ3) is 2.46. The first-order chi connectivity index (χ1) is 8.58. The Labute approximate surface area is 106 Å². The highest BCUT2D eigenvalue weighted by molar-refractivity contribution is 7.07. The molecule has 2 aromatic rings. The van der Waals surface area contributed by atoms with Crippen LogP contribution in [0.4, 0.5) is 11.4 Å². The van der Waals surface area contributed by atoms with E-state index in [1.165, 1.54) is 35.0 Å². The number of aromatic carboxylic acids is 1. The predicted octanol–water partition coefficient (Wildman–Crippen LogP) is 1.68. The Bertz CT molecular complexity index is 596. The number of anilines is 2. The number of nitrogen functional groups attached to an aromatic ring is 1. The van der Waals surface area contributed by atoms with Crippen molar-refractivity contribution >= 4 is 34.6 Å². The lowest BCUT2D eigenvalue weighted by Gasteiger charge is -2.08. The van der Waals surface area contributed by atoms with E-state index in [2.05, 4.69) is 10.3 Å². The zero-order valence-corrected chi connectivity index (χ0v) is 9.90. The number of carboxylic acids is 1. The Hall–Kier alpha value is -2.41. The van der Waals surface area contributed by atoms with Crippen LogP contribution >= 0.6 is 11.3 Å². The second kappa shape index (κ2) is 4.84. The number of nitrogens with two attached hydrogens (primary N) is 1. The quantitative estimate of drug-likeness (QED) is 0.730. The van der Waals surface area contributed by atoms with E-state index in [9.17, 15) is 9.59 Å². The first-order valence-electron chi connectivity index (χ1n) is 4.90. The molecule has 4 N–H and O–H groups in total. The molecule has 1 amide bonds. The normalized spacial score (nSPS) is 10.0. The molecular weight excluding hydrogens is 254 g/mol. The van der Waals surface area contributed by atoms with Crippen LogP contribution in [0.1, 0.15) is 20.8 Å². The molecule has 0 atom stereocenters. The van der Waals surface area contributed by atoms with Crippen molar-refractivity contribution in [3.63, 3.8) is 0 Å². The largest absolute Gasteiger partial charge is 0.478 e. The number of thiazole rings is 1. The van der Waals surface area contributed by atoms with Crippen molar-refractivity contribution in [2.45, 2.75) is 0 Å². The summed E-state index contributed by atoms with van der Waals surface area (Å²) in [7, 11) is 0. The Kier molecular flexibility index (Phi) is 3.24. The van der Waals surface area contributed by atoms with Crippen LogP contribution in [0.25, 0.3) is 0 Å². The van der Waals surface area contributed by atoms with Gasteiger partial charge in [-0.1, -0.05) is 0 Å². The number of nitrogens with zero attached hydrogens (tertiary/aromatic N) is 1. The number of carbonyl (C=O) groups is 2. The predicted molar refractivity (Wildman–Crippen MR) is 67.9 cm³/mol. The van der Waals surface area contributed by atoms with Crippen LogP contribution in [0.2, 0.25) is 0 Å². The first kappa shape index (κ1) is 12.1. The fourth-order valence-corrected chi connectivity index (χ4v) is 1.89. The van der Waals surface area contributed by atoms with Gasteiger partial charge in [0.15, 0.2) is 0 Å². The Balaban J connectivity index is 2.31. The van der Waals surface area contributed by atoms with Gasteiger partial charge in [-0.2, -0.15) is 0 Å². The molecule has 1 heterocycles. The average molecular weight is 263 g/mol. The SMILES string of the molecule is Nc1ccc(C(=O)O)c(NC(=O)c2cscn2)c1. The van der Waals surface area contributed by atoms with Crippen molar-refractivity contribution in [3.8, 4) is 0 Å². The highest BCUT2D eigenvalue weighted by atomic mass is 32.1. The van der Waals surface area contributed by atoms with Gasteiger partial charge in [0.25, 0.3) is 5.91 Å². The van der Waals surface area contributed by atoms with Crippen molar-refractivity contribution in [2.75, 3.05) is 11.1 Å². The molecular formula is C11H9N3O3S. The van der Waals surface area contributed by atoms with Gasteiger partial charge in [-0.3, -0.25) is 4.79 Å². The van der Waals surface area contributed by atoms with Gasteiger partial charge in [-0.05, 0) is 18.2 Å². The van der Waals surface area contributed by atoms with E-state index in [4.69, 9.17) is 10.8 Å². The maximum Gasteiger partial charge on any atom is 0.337 e. The Morgan fingerprint density at radius 3 is 2.78 bits per heavy atom. The number of benzene rings is 1. The van der Waals surface area contributed by atoms with Crippen LogP contribution in [0, 0.1) is 0 Å². The van der Waals surface area contributed by atoms with Gasteiger partial charge in [-0.25, -0.2) is 9.78 Å². The van der Waals surface area contributed by atoms with Crippen molar-refractivity contribution in [1.82, 2.24) is 4.98 Å². The standard InChI is InChI=1S/C11H9N3O3S/c12-6-1-2-7(11(16)17)8(3-6)14-10(15)9-4-18-5-13-9/h1-5H,12H2,(H,14,15)(H,16,17). The molecule has 0 unspecified atom stereocenters. The van der Waals surface area contributed by atoms with E-state index in [1.807, 2.05) is 0 Å². The molecule has 0 saturated carbocycles. The minimum Gasteiger partial charge on any atom is -0.478 e. The van der Waals surface area contributed by atoms with Crippen molar-refractivity contribution < 1.29 is 14.7 Å². The maximum absolute atomic E-state index is 11.8. The molecule has 0 fully saturated rings. The summed E-state index contributed by atoms with van der Waals surface area (Å²) in [6.45, 7) is 0. The highest BCUT2D eigenvalue weighted by Crippen LogP contribution is 2.20. The molecule has 0 radical (unpaired) electrons. The fraction of sp³-hybridized carbons (Fsp3) is 0. The first-order valence-corrected chi connectivity index (χ1v) is 5.84. The molecule has 2 rings (SSSR count). The number of carbonyl (C=O) groups excluding carboxylic acids is 1. The third-order valence-corrected chi connectivity index (χ3v) is 2.77. The van der Waals surface area contributed by atoms with E-state index in [1.54, 1.807) is 5.38 Å². The zero-order chi connectivity index (χ0) is 13.1. The Morgan fingerprint density at radius 1 is 1.39 bits per heavy atom. The molecule has 0 aliphatic carbocycles. The number of carboxylic acid groups (broad SMARTS) is 1. The summed E-state index contributed by atoms with van der Waals surface area (Å²) < 4.78 is 0. The van der Waals surface area contributed by atoms with Crippen LogP contribution in [0.5, 0.6) is 0 Å². The molecule has 0 spiro atoms. The molecule has 92 valence electrons. The molecule has 0 aliphatic heterocycles. The van der Waals surface area contributed by atoms with E-state index in [0.29, 0.717) is 5.69 Å². The van der Waals surface area contributed by atoms with Gasteiger partial charge in [0.2, 0.25) is 0 Å². The van der Waals surface area contributed by atoms with Crippen LogP contribution < -0.4 is 11.1 Å². The summed E-state index contributed by atoms with van der Waals surface area (Å²) in [6, 6.07) is 4.20. The summed E-state index contributed by atoms with van der Waals surface area (Å²) >= 11 is 1.28. The van der Waals surface area contributed by atoms with Crippen LogP contribution in [-0.2, 0) is 0 Å². The molecule has 0 bridgehead atoms. The number of aromatic nitrogens is 1. The molecule has 0 aliphatic rings. The number of amides is 1. The summed E-state index contributed by atoms with van der Waals surface area (Å²) in [4.78, 5) is 26.6. The topological polar surface area (TPSA) is 105 Å². The lowest BCUT2D eigenvalue weighted by atomic mass is 10.1. The smallest absolute Gasteiger partial charge is 0.337 e. The molecule has 6 nitrogen and oxygen atoms in total. The second-order valence-electron chi connectivity index (χ2n) is 3.44. The molecule has 18 heavy (non-hydrogen) atoms. The van der Waals surface area contributed by atoms with Gasteiger partial charge in [0.05, 0.1) is 16.8 Å². The van der Waals surface area contributed by atoms with Crippen LogP contribution in [-0.4, -0.2) is 22.0 Å². The van der Waals surface area contributed by atoms with Crippen molar-refractivity contribution in [3.05, 3.63) is 40.3 Å². The lowest BCUT2D eigenvalue weighted by molar-refractivity contribution is 0.0698. The second-order valence-corrected chi connectivity index (χ2v) is 4.16. The highest BCUT2D eigenvalue weighted by Gasteiger charge is 2.14. The Morgan fingerprint density at radius 2 is 2.17 bits per heavy atom. The van der Waals surface area contributed by atoms with E-state index in [-0.39, 0.29) is 16.9 Å². The summed E-state index contributed by atoms with van der Waals surface area (Å²) in [5.41, 5.74) is 7.82. The summed E-state index contributed by atoms with van der Waals surface area (Å²) in [5.74, 6) is -1.60. The number of hydrogen-bond acceptors (Lipinski definition) is 5. The summed E-state index contributed by atoms with van der Waals surface area (Å²) in [5, 5.41) is 13.0. The lowest BCUT2D eigenvalue weighted by Crippen LogP contribution is -2.15. The molecule has 7 heteroatoms. The summed E-state index contributed by atoms with van der Waals surface area (Å²) in [6.07, 6.45) is 0. The van der Waals surface area contributed by atoms with Crippen LogP contribution in [0.3, 0.4) is 0 Å². The minimum absolute atomic E-state index is 0.0206. The molecule has 1 aromatic heterocycles. The monoisotopic (exact) mass is 263 g/mol. The molecule has 1 aromatic carbocycles. The van der Waals surface area contributed by atoms with Gasteiger partial charge >= 0.3 is 5.97 Å².